The van der Waals surface area contributed by atoms with Gasteiger partial charge in [0.2, 0.25) is 6.79 Å². The van der Waals surface area contributed by atoms with Gasteiger partial charge in [-0.1, -0.05) is 36.4 Å². The number of carbonyl (C=O) groups excluding carboxylic acids is 2. The van der Waals surface area contributed by atoms with Gasteiger partial charge in [-0.05, 0) is 35.6 Å². The van der Waals surface area contributed by atoms with Crippen LogP contribution in [-0.2, 0) is 19.1 Å². The molecule has 0 bridgehead atoms. The first-order valence-corrected chi connectivity index (χ1v) is 8.77. The zero-order valence-electron chi connectivity index (χ0n) is 14.5. The molecule has 2 aliphatic rings. The van der Waals surface area contributed by atoms with E-state index in [9.17, 15) is 14.4 Å². The van der Waals surface area contributed by atoms with E-state index in [0.29, 0.717) is 18.4 Å². The molecule has 27 heavy (non-hydrogen) atoms. The first kappa shape index (κ1) is 17.5. The fraction of sp³-hybridized carbons (Fsp3) is 0.350. The van der Waals surface area contributed by atoms with Gasteiger partial charge in [0.25, 0.3) is 0 Å². The molecule has 2 aliphatic carbocycles. The Bertz CT molecular complexity index is 936. The lowest BCUT2D eigenvalue weighted by Crippen LogP contribution is -2.50. The standard InChI is InChI=1S/C20H19NO6/c21-20(9-8-14-15(16(14)20)17(22)23)19(25)27-10-26-18(24)13-7-3-5-11-4-1-2-6-12(11)13/h1-7,14-16H,8-10,21H2,(H,22,23)/t14-,15-,16-,20-/m0/s1. The molecule has 140 valence electrons. The van der Waals surface area contributed by atoms with Crippen LogP contribution in [0.3, 0.4) is 0 Å². The number of aliphatic carboxylic acids is 1. The number of carboxylic acids is 1. The number of esters is 2. The molecule has 2 fully saturated rings. The van der Waals surface area contributed by atoms with Gasteiger partial charge in [-0.15, -0.1) is 0 Å². The van der Waals surface area contributed by atoms with Gasteiger partial charge in [-0.2, -0.15) is 0 Å². The first-order valence-electron chi connectivity index (χ1n) is 8.77. The number of fused-ring (bicyclic) bond motifs is 2. The van der Waals surface area contributed by atoms with Gasteiger partial charge < -0.3 is 20.3 Å². The molecular weight excluding hydrogens is 350 g/mol. The van der Waals surface area contributed by atoms with Crippen molar-refractivity contribution in [2.24, 2.45) is 23.5 Å². The van der Waals surface area contributed by atoms with Crippen molar-refractivity contribution >= 4 is 28.7 Å². The molecule has 0 radical (unpaired) electrons. The summed E-state index contributed by atoms with van der Waals surface area (Å²) >= 11 is 0. The average Bonchev–Trinajstić information content (AvgIpc) is 3.32. The highest BCUT2D eigenvalue weighted by molar-refractivity contribution is 6.04. The van der Waals surface area contributed by atoms with Crippen LogP contribution in [0.1, 0.15) is 23.2 Å². The van der Waals surface area contributed by atoms with Crippen LogP contribution < -0.4 is 5.73 Å². The van der Waals surface area contributed by atoms with E-state index in [1.165, 1.54) is 0 Å². The minimum absolute atomic E-state index is 0.0710. The van der Waals surface area contributed by atoms with Crippen LogP contribution in [0.2, 0.25) is 0 Å². The second-order valence-electron chi connectivity index (χ2n) is 7.14. The highest BCUT2D eigenvalue weighted by Crippen LogP contribution is 2.61. The molecule has 4 atom stereocenters. The molecule has 2 saturated carbocycles. The molecule has 2 aromatic rings. The van der Waals surface area contributed by atoms with Gasteiger partial charge in [-0.3, -0.25) is 4.79 Å². The van der Waals surface area contributed by atoms with E-state index in [1.54, 1.807) is 12.1 Å². The van der Waals surface area contributed by atoms with Gasteiger partial charge >= 0.3 is 17.9 Å². The summed E-state index contributed by atoms with van der Waals surface area (Å²) in [6.45, 7) is -0.561. The van der Waals surface area contributed by atoms with Crippen molar-refractivity contribution in [3.63, 3.8) is 0 Å². The summed E-state index contributed by atoms with van der Waals surface area (Å²) < 4.78 is 10.1. The Labute approximate surface area is 155 Å². The first-order chi connectivity index (χ1) is 12.9. The summed E-state index contributed by atoms with van der Waals surface area (Å²) in [6, 6.07) is 12.7. The Morgan fingerprint density at radius 2 is 1.85 bits per heavy atom. The smallest absolute Gasteiger partial charge is 0.341 e. The van der Waals surface area contributed by atoms with E-state index in [2.05, 4.69) is 0 Å². The summed E-state index contributed by atoms with van der Waals surface area (Å²) in [5, 5.41) is 10.8. The molecule has 0 heterocycles. The van der Waals surface area contributed by atoms with Crippen LogP contribution in [0.25, 0.3) is 10.8 Å². The van der Waals surface area contributed by atoms with Crippen LogP contribution >= 0.6 is 0 Å². The number of rotatable bonds is 5. The number of nitrogens with two attached hydrogens (primary N) is 1. The van der Waals surface area contributed by atoms with Crippen LogP contribution in [0, 0.1) is 17.8 Å². The van der Waals surface area contributed by atoms with Gasteiger partial charge in [0.15, 0.2) is 0 Å². The molecule has 3 N–H and O–H groups in total. The van der Waals surface area contributed by atoms with Crippen LogP contribution in [0.15, 0.2) is 42.5 Å². The second-order valence-corrected chi connectivity index (χ2v) is 7.14. The van der Waals surface area contributed by atoms with E-state index in [4.69, 9.17) is 20.3 Å². The van der Waals surface area contributed by atoms with Gasteiger partial charge in [0.05, 0.1) is 11.5 Å². The van der Waals surface area contributed by atoms with Crippen LogP contribution in [-0.4, -0.2) is 35.3 Å². The molecule has 4 rings (SSSR count). The monoisotopic (exact) mass is 369 g/mol. The number of benzene rings is 2. The number of ether oxygens (including phenoxy) is 2. The van der Waals surface area contributed by atoms with Crippen molar-refractivity contribution in [3.05, 3.63) is 48.0 Å². The van der Waals surface area contributed by atoms with E-state index < -0.39 is 42.1 Å². The maximum atomic E-state index is 12.4. The Hall–Kier alpha value is -2.93. The molecule has 0 saturated heterocycles. The quantitative estimate of drug-likeness (QED) is 0.611. The normalized spacial score (nSPS) is 28.4. The van der Waals surface area contributed by atoms with Gasteiger partial charge in [0, 0.05) is 5.92 Å². The molecule has 2 aromatic carbocycles. The van der Waals surface area contributed by atoms with E-state index in [-0.39, 0.29) is 5.92 Å². The summed E-state index contributed by atoms with van der Waals surface area (Å²) in [7, 11) is 0. The van der Waals surface area contributed by atoms with Gasteiger partial charge in [0.1, 0.15) is 5.54 Å². The Kier molecular flexibility index (Phi) is 4.11. The van der Waals surface area contributed by atoms with Crippen molar-refractivity contribution in [2.75, 3.05) is 6.79 Å². The SMILES string of the molecule is N[C@@]1(C(=O)OCOC(=O)c2cccc3ccccc23)CC[C@H]2[C@H](C(=O)O)[C@H]21. The summed E-state index contributed by atoms with van der Waals surface area (Å²) in [5.41, 5.74) is 5.20. The Morgan fingerprint density at radius 3 is 2.59 bits per heavy atom. The molecule has 7 heteroatoms. The predicted octanol–water partition coefficient (Wildman–Crippen LogP) is 1.94. The van der Waals surface area contributed by atoms with Crippen LogP contribution in [0.4, 0.5) is 0 Å². The van der Waals surface area contributed by atoms with Crippen molar-refractivity contribution < 1.29 is 29.0 Å². The third-order valence-electron chi connectivity index (χ3n) is 5.71. The molecule has 0 aromatic heterocycles. The average molecular weight is 369 g/mol. The van der Waals surface area contributed by atoms with Crippen molar-refractivity contribution in [2.45, 2.75) is 18.4 Å². The third kappa shape index (κ3) is 2.84. The predicted molar refractivity (Wildman–Crippen MR) is 94.6 cm³/mol. The molecule has 7 nitrogen and oxygen atoms in total. The molecule has 0 unspecified atom stereocenters. The summed E-state index contributed by atoms with van der Waals surface area (Å²) in [6.07, 6.45) is 0.964. The summed E-state index contributed by atoms with van der Waals surface area (Å²) in [5.74, 6) is -3.33. The molecule has 0 aliphatic heterocycles. The van der Waals surface area contributed by atoms with E-state index in [0.717, 1.165) is 10.8 Å². The Balaban J connectivity index is 1.38. The largest absolute Gasteiger partial charge is 0.481 e. The number of hydrogen-bond donors (Lipinski definition) is 2. The topological polar surface area (TPSA) is 116 Å². The van der Waals surface area contributed by atoms with Crippen LogP contribution in [0.5, 0.6) is 0 Å². The highest BCUT2D eigenvalue weighted by atomic mass is 16.7. The Morgan fingerprint density at radius 1 is 1.11 bits per heavy atom. The van der Waals surface area contributed by atoms with Gasteiger partial charge in [-0.25, -0.2) is 9.59 Å². The minimum Gasteiger partial charge on any atom is -0.481 e. The number of carboxylic acid groups (broad SMARTS) is 1. The molecule has 0 amide bonds. The fourth-order valence-corrected chi connectivity index (χ4v) is 4.33. The zero-order chi connectivity index (χ0) is 19.2. The van der Waals surface area contributed by atoms with Crippen molar-refractivity contribution in [1.82, 2.24) is 0 Å². The maximum absolute atomic E-state index is 12.4. The van der Waals surface area contributed by atoms with Crippen molar-refractivity contribution in [1.29, 1.82) is 0 Å². The zero-order valence-corrected chi connectivity index (χ0v) is 14.5. The minimum atomic E-state index is -1.32. The van der Waals surface area contributed by atoms with E-state index >= 15 is 0 Å². The lowest BCUT2D eigenvalue weighted by molar-refractivity contribution is -0.159. The second kappa shape index (κ2) is 6.35. The highest BCUT2D eigenvalue weighted by Gasteiger charge is 2.70. The van der Waals surface area contributed by atoms with E-state index in [1.807, 2.05) is 30.3 Å². The van der Waals surface area contributed by atoms with Crippen molar-refractivity contribution in [3.8, 4) is 0 Å². The maximum Gasteiger partial charge on any atom is 0.341 e. The number of carbonyl (C=O) groups is 3. The lowest BCUT2D eigenvalue weighted by atomic mass is 9.92. The fourth-order valence-electron chi connectivity index (χ4n) is 4.33. The number of hydrogen-bond acceptors (Lipinski definition) is 6. The lowest BCUT2D eigenvalue weighted by Gasteiger charge is -2.24. The molecule has 0 spiro atoms. The molecular formula is C20H19NO6. The third-order valence-corrected chi connectivity index (χ3v) is 5.71. The summed E-state index contributed by atoms with van der Waals surface area (Å²) in [4.78, 5) is 35.9.